The highest BCUT2D eigenvalue weighted by molar-refractivity contribution is 6.31. The van der Waals surface area contributed by atoms with Crippen molar-refractivity contribution in [2.24, 2.45) is 0 Å². The van der Waals surface area contributed by atoms with Crippen molar-refractivity contribution in [3.8, 4) is 0 Å². The van der Waals surface area contributed by atoms with E-state index in [0.717, 1.165) is 35.9 Å². The van der Waals surface area contributed by atoms with Crippen molar-refractivity contribution in [2.45, 2.75) is 38.6 Å². The number of benzene rings is 1. The molecular formula is C17H21ClN4. The van der Waals surface area contributed by atoms with Gasteiger partial charge in [0.2, 0.25) is 5.95 Å². The van der Waals surface area contributed by atoms with Crippen LogP contribution in [-0.2, 0) is 0 Å². The lowest BCUT2D eigenvalue weighted by molar-refractivity contribution is 0.596. The maximum absolute atomic E-state index is 6.44. The normalized spacial score (nSPS) is 19.0. The molecule has 0 amide bonds. The fourth-order valence-corrected chi connectivity index (χ4v) is 3.43. The first-order valence-corrected chi connectivity index (χ1v) is 8.15. The fraction of sp³-hybridized carbons (Fsp3) is 0.412. The summed E-state index contributed by atoms with van der Waals surface area (Å²) in [5, 5.41) is 0.818. The largest absolute Gasteiger partial charge is 0.368 e. The summed E-state index contributed by atoms with van der Waals surface area (Å²) >= 11 is 6.44. The molecule has 0 bridgehead atoms. The second-order valence-electron chi connectivity index (χ2n) is 5.81. The van der Waals surface area contributed by atoms with Crippen LogP contribution in [0.4, 0.5) is 11.8 Å². The molecule has 2 heterocycles. The molecule has 1 unspecified atom stereocenters. The van der Waals surface area contributed by atoms with Crippen molar-refractivity contribution >= 4 is 23.4 Å². The van der Waals surface area contributed by atoms with Gasteiger partial charge in [-0.1, -0.05) is 42.6 Å². The Morgan fingerprint density at radius 3 is 2.77 bits per heavy atom. The number of nitrogens with zero attached hydrogens (tertiary/aromatic N) is 3. The molecule has 1 aromatic carbocycles. The molecule has 1 saturated heterocycles. The number of halogens is 1. The summed E-state index contributed by atoms with van der Waals surface area (Å²) in [5.74, 6) is 1.23. The van der Waals surface area contributed by atoms with E-state index in [-0.39, 0.29) is 6.04 Å². The summed E-state index contributed by atoms with van der Waals surface area (Å²) in [7, 11) is 0. The van der Waals surface area contributed by atoms with Crippen molar-refractivity contribution in [3.63, 3.8) is 0 Å². The lowest BCUT2D eigenvalue weighted by Gasteiger charge is -2.32. The molecule has 0 saturated carbocycles. The standard InChI is InChI=1S/C17H21ClN4/c1-12-11-16(21-17(19)20-12)22-10-6-2-3-9-15(22)13-7-4-5-8-14(13)18/h4-5,7-8,11,15H,2-3,6,9-10H2,1H3,(H2,19,20,21). The van der Waals surface area contributed by atoms with Gasteiger partial charge >= 0.3 is 0 Å². The molecule has 116 valence electrons. The zero-order chi connectivity index (χ0) is 15.5. The number of anilines is 2. The average Bonchev–Trinajstić information content (AvgIpc) is 2.72. The van der Waals surface area contributed by atoms with Gasteiger partial charge in [0, 0.05) is 23.3 Å². The molecule has 1 aliphatic rings. The Hall–Kier alpha value is -1.81. The van der Waals surface area contributed by atoms with E-state index in [1.807, 2.05) is 31.2 Å². The molecule has 2 N–H and O–H groups in total. The number of nitrogens with two attached hydrogens (primary N) is 1. The Morgan fingerprint density at radius 1 is 1.18 bits per heavy atom. The van der Waals surface area contributed by atoms with E-state index in [4.69, 9.17) is 17.3 Å². The van der Waals surface area contributed by atoms with Crippen molar-refractivity contribution in [1.29, 1.82) is 0 Å². The maximum atomic E-state index is 6.44. The first-order chi connectivity index (χ1) is 10.6. The molecule has 0 radical (unpaired) electrons. The number of aryl methyl sites for hydroxylation is 1. The van der Waals surface area contributed by atoms with Gasteiger partial charge in [0.25, 0.3) is 0 Å². The highest BCUT2D eigenvalue weighted by Gasteiger charge is 2.25. The van der Waals surface area contributed by atoms with Gasteiger partial charge in [-0.3, -0.25) is 0 Å². The van der Waals surface area contributed by atoms with Crippen molar-refractivity contribution < 1.29 is 0 Å². The van der Waals surface area contributed by atoms with E-state index in [1.54, 1.807) is 0 Å². The number of aromatic nitrogens is 2. The maximum Gasteiger partial charge on any atom is 0.222 e. The van der Waals surface area contributed by atoms with Gasteiger partial charge in [0.05, 0.1) is 6.04 Å². The van der Waals surface area contributed by atoms with Crippen LogP contribution in [0.3, 0.4) is 0 Å². The van der Waals surface area contributed by atoms with Gasteiger partial charge in [0.1, 0.15) is 5.82 Å². The summed E-state index contributed by atoms with van der Waals surface area (Å²) < 4.78 is 0. The number of rotatable bonds is 2. The monoisotopic (exact) mass is 316 g/mol. The first kappa shape index (κ1) is 15.1. The van der Waals surface area contributed by atoms with E-state index in [2.05, 4.69) is 20.9 Å². The lowest BCUT2D eigenvalue weighted by atomic mass is 10.0. The quantitative estimate of drug-likeness (QED) is 0.904. The minimum absolute atomic E-state index is 0.241. The summed E-state index contributed by atoms with van der Waals surface area (Å²) in [6.07, 6.45) is 4.67. The van der Waals surface area contributed by atoms with Crippen LogP contribution in [0.1, 0.15) is 43.0 Å². The minimum Gasteiger partial charge on any atom is -0.368 e. The van der Waals surface area contributed by atoms with Crippen LogP contribution in [-0.4, -0.2) is 16.5 Å². The van der Waals surface area contributed by atoms with Gasteiger partial charge in [-0.25, -0.2) is 4.98 Å². The first-order valence-electron chi connectivity index (χ1n) is 7.77. The minimum atomic E-state index is 0.241. The fourth-order valence-electron chi connectivity index (χ4n) is 3.17. The topological polar surface area (TPSA) is 55.0 Å². The highest BCUT2D eigenvalue weighted by atomic mass is 35.5. The van der Waals surface area contributed by atoms with Gasteiger partial charge in [0.15, 0.2) is 0 Å². The molecule has 1 atom stereocenters. The molecule has 5 heteroatoms. The van der Waals surface area contributed by atoms with Gasteiger partial charge < -0.3 is 10.6 Å². The Labute approximate surface area is 136 Å². The van der Waals surface area contributed by atoms with Crippen LogP contribution in [0.25, 0.3) is 0 Å². The van der Waals surface area contributed by atoms with E-state index < -0.39 is 0 Å². The third kappa shape index (κ3) is 3.17. The van der Waals surface area contributed by atoms with E-state index in [1.165, 1.54) is 18.4 Å². The zero-order valence-corrected chi connectivity index (χ0v) is 13.6. The van der Waals surface area contributed by atoms with Crippen molar-refractivity contribution in [3.05, 3.63) is 46.6 Å². The third-order valence-electron chi connectivity index (χ3n) is 4.17. The SMILES string of the molecule is Cc1cc(N2CCCCCC2c2ccccc2Cl)nc(N)n1. The van der Waals surface area contributed by atoms with Crippen LogP contribution in [0.5, 0.6) is 0 Å². The summed E-state index contributed by atoms with van der Waals surface area (Å²) in [5.41, 5.74) is 7.90. The van der Waals surface area contributed by atoms with Crippen molar-refractivity contribution in [1.82, 2.24) is 9.97 Å². The molecule has 2 aromatic rings. The molecule has 22 heavy (non-hydrogen) atoms. The molecule has 1 aliphatic heterocycles. The molecule has 4 nitrogen and oxygen atoms in total. The smallest absolute Gasteiger partial charge is 0.222 e. The molecule has 0 aliphatic carbocycles. The highest BCUT2D eigenvalue weighted by Crippen LogP contribution is 2.36. The predicted octanol–water partition coefficient (Wildman–Crippen LogP) is 4.14. The Morgan fingerprint density at radius 2 is 2.00 bits per heavy atom. The van der Waals surface area contributed by atoms with Crippen LogP contribution >= 0.6 is 11.6 Å². The number of hydrogen-bond donors (Lipinski definition) is 1. The lowest BCUT2D eigenvalue weighted by Crippen LogP contribution is -2.29. The Bertz CT molecular complexity index is 639. The number of hydrogen-bond acceptors (Lipinski definition) is 4. The van der Waals surface area contributed by atoms with Crippen LogP contribution in [0.2, 0.25) is 5.02 Å². The van der Waals surface area contributed by atoms with Crippen LogP contribution < -0.4 is 10.6 Å². The van der Waals surface area contributed by atoms with Gasteiger partial charge in [-0.2, -0.15) is 4.98 Å². The summed E-state index contributed by atoms with van der Waals surface area (Å²) in [4.78, 5) is 11.0. The van der Waals surface area contributed by atoms with Gasteiger partial charge in [-0.15, -0.1) is 0 Å². The summed E-state index contributed by atoms with van der Waals surface area (Å²) in [6.45, 7) is 2.91. The molecule has 1 aromatic heterocycles. The molecule has 1 fully saturated rings. The van der Waals surface area contributed by atoms with Gasteiger partial charge in [-0.05, 0) is 31.4 Å². The second-order valence-corrected chi connectivity index (χ2v) is 6.21. The van der Waals surface area contributed by atoms with Crippen LogP contribution in [0, 0.1) is 6.92 Å². The zero-order valence-electron chi connectivity index (χ0n) is 12.8. The van der Waals surface area contributed by atoms with Crippen LogP contribution in [0.15, 0.2) is 30.3 Å². The van der Waals surface area contributed by atoms with E-state index in [0.29, 0.717) is 5.95 Å². The Kier molecular flexibility index (Phi) is 4.48. The third-order valence-corrected chi connectivity index (χ3v) is 4.51. The average molecular weight is 317 g/mol. The second kappa shape index (κ2) is 6.53. The van der Waals surface area contributed by atoms with E-state index in [9.17, 15) is 0 Å². The Balaban J connectivity index is 2.03. The number of nitrogen functional groups attached to an aromatic ring is 1. The molecule has 3 rings (SSSR count). The molecule has 0 spiro atoms. The molecular weight excluding hydrogens is 296 g/mol. The predicted molar refractivity (Wildman–Crippen MR) is 91.2 cm³/mol. The van der Waals surface area contributed by atoms with Crippen molar-refractivity contribution in [2.75, 3.05) is 17.2 Å². The van der Waals surface area contributed by atoms with E-state index >= 15 is 0 Å². The summed E-state index contributed by atoms with van der Waals surface area (Å²) in [6, 6.07) is 10.3.